The van der Waals surface area contributed by atoms with Gasteiger partial charge < -0.3 is 5.73 Å². The number of hydrogen-bond acceptors (Lipinski definition) is 5. The molecular formula is C11H8N4S. The lowest BCUT2D eigenvalue weighted by Crippen LogP contribution is -1.93. The van der Waals surface area contributed by atoms with Gasteiger partial charge in [-0.05, 0) is 18.2 Å². The van der Waals surface area contributed by atoms with Crippen molar-refractivity contribution in [3.05, 3.63) is 36.0 Å². The fraction of sp³-hybridized carbons (Fsp3) is 0. The summed E-state index contributed by atoms with van der Waals surface area (Å²) in [6.07, 6.45) is 3.53. The maximum absolute atomic E-state index is 5.52. The van der Waals surface area contributed by atoms with E-state index in [0.717, 1.165) is 21.5 Å². The molecule has 0 atom stereocenters. The van der Waals surface area contributed by atoms with E-state index in [1.54, 1.807) is 23.7 Å². The quantitative estimate of drug-likeness (QED) is 0.694. The second-order valence-electron chi connectivity index (χ2n) is 3.34. The van der Waals surface area contributed by atoms with E-state index in [1.807, 2.05) is 23.6 Å². The van der Waals surface area contributed by atoms with Crippen LogP contribution in [0, 0.1) is 0 Å². The van der Waals surface area contributed by atoms with E-state index in [0.29, 0.717) is 5.95 Å². The minimum atomic E-state index is 0.300. The van der Waals surface area contributed by atoms with Crippen molar-refractivity contribution in [2.45, 2.75) is 0 Å². The van der Waals surface area contributed by atoms with Crippen molar-refractivity contribution in [3.63, 3.8) is 0 Å². The van der Waals surface area contributed by atoms with Crippen LogP contribution in [0.4, 0.5) is 5.95 Å². The van der Waals surface area contributed by atoms with E-state index in [4.69, 9.17) is 5.73 Å². The zero-order chi connectivity index (χ0) is 11.0. The molecule has 78 valence electrons. The maximum Gasteiger partial charge on any atom is 0.220 e. The highest BCUT2D eigenvalue weighted by Crippen LogP contribution is 2.24. The third-order valence-corrected chi connectivity index (χ3v) is 3.10. The molecule has 5 heteroatoms. The summed E-state index contributed by atoms with van der Waals surface area (Å²) in [4.78, 5) is 12.4. The summed E-state index contributed by atoms with van der Waals surface area (Å²) in [5.74, 6) is 0.300. The van der Waals surface area contributed by atoms with E-state index in [2.05, 4.69) is 15.0 Å². The summed E-state index contributed by atoms with van der Waals surface area (Å²) in [6.45, 7) is 0. The van der Waals surface area contributed by atoms with Gasteiger partial charge in [0.25, 0.3) is 0 Å². The van der Waals surface area contributed by atoms with Gasteiger partial charge in [0.05, 0.1) is 5.52 Å². The average Bonchev–Trinajstić information content (AvgIpc) is 2.82. The van der Waals surface area contributed by atoms with Gasteiger partial charge in [-0.1, -0.05) is 0 Å². The van der Waals surface area contributed by atoms with Crippen LogP contribution in [0.25, 0.3) is 21.5 Å². The smallest absolute Gasteiger partial charge is 0.220 e. The van der Waals surface area contributed by atoms with Crippen LogP contribution in [0.2, 0.25) is 0 Å². The summed E-state index contributed by atoms with van der Waals surface area (Å²) >= 11 is 1.61. The van der Waals surface area contributed by atoms with Gasteiger partial charge in [0, 0.05) is 28.7 Å². The molecule has 0 fully saturated rings. The first kappa shape index (κ1) is 9.23. The van der Waals surface area contributed by atoms with Crippen molar-refractivity contribution in [2.24, 2.45) is 0 Å². The largest absolute Gasteiger partial charge is 0.368 e. The predicted octanol–water partition coefficient (Wildman–Crippen LogP) is 2.34. The monoisotopic (exact) mass is 228 g/mol. The van der Waals surface area contributed by atoms with Crippen LogP contribution < -0.4 is 5.73 Å². The molecule has 0 aliphatic rings. The lowest BCUT2D eigenvalue weighted by molar-refractivity contribution is 1.24. The van der Waals surface area contributed by atoms with Crippen LogP contribution in [-0.4, -0.2) is 15.0 Å². The Balaban J connectivity index is 2.20. The summed E-state index contributed by atoms with van der Waals surface area (Å²) in [6, 6.07) is 5.95. The number of benzene rings is 1. The van der Waals surface area contributed by atoms with Crippen LogP contribution in [0.5, 0.6) is 0 Å². The van der Waals surface area contributed by atoms with Crippen LogP contribution >= 0.6 is 11.3 Å². The number of fused-ring (bicyclic) bond motifs is 1. The molecule has 2 N–H and O–H groups in total. The van der Waals surface area contributed by atoms with Crippen molar-refractivity contribution in [1.82, 2.24) is 15.0 Å². The van der Waals surface area contributed by atoms with Gasteiger partial charge in [-0.2, -0.15) is 0 Å². The van der Waals surface area contributed by atoms with Gasteiger partial charge in [0.1, 0.15) is 5.01 Å². The molecule has 0 saturated heterocycles. The summed E-state index contributed by atoms with van der Waals surface area (Å²) in [7, 11) is 0. The number of aromatic nitrogens is 3. The number of nitrogens with two attached hydrogens (primary N) is 1. The summed E-state index contributed by atoms with van der Waals surface area (Å²) < 4.78 is 0. The second-order valence-corrected chi connectivity index (χ2v) is 4.23. The fourth-order valence-electron chi connectivity index (χ4n) is 1.55. The van der Waals surface area contributed by atoms with Crippen molar-refractivity contribution >= 4 is 28.2 Å². The van der Waals surface area contributed by atoms with E-state index in [-0.39, 0.29) is 0 Å². The standard InChI is InChI=1S/C11H8N4S/c12-11-14-6-8-5-7(1-2-9(8)15-11)10-13-3-4-16-10/h1-6H,(H2,12,14,15). The third kappa shape index (κ3) is 1.51. The lowest BCUT2D eigenvalue weighted by Gasteiger charge is -2.00. The van der Waals surface area contributed by atoms with Crippen molar-refractivity contribution < 1.29 is 0 Å². The second kappa shape index (κ2) is 3.53. The Labute approximate surface area is 95.8 Å². The number of thiazole rings is 1. The zero-order valence-electron chi connectivity index (χ0n) is 8.29. The molecule has 0 aliphatic heterocycles. The maximum atomic E-state index is 5.52. The van der Waals surface area contributed by atoms with Crippen LogP contribution in [0.1, 0.15) is 0 Å². The van der Waals surface area contributed by atoms with E-state index < -0.39 is 0 Å². The lowest BCUT2D eigenvalue weighted by atomic mass is 10.1. The molecule has 0 radical (unpaired) electrons. The minimum Gasteiger partial charge on any atom is -0.368 e. The molecule has 1 aromatic carbocycles. The highest BCUT2D eigenvalue weighted by atomic mass is 32.1. The zero-order valence-corrected chi connectivity index (χ0v) is 9.11. The summed E-state index contributed by atoms with van der Waals surface area (Å²) in [5, 5.41) is 3.93. The Bertz CT molecular complexity index is 634. The topological polar surface area (TPSA) is 64.7 Å². The fourth-order valence-corrected chi connectivity index (χ4v) is 2.18. The van der Waals surface area contributed by atoms with E-state index >= 15 is 0 Å². The first-order valence-electron chi connectivity index (χ1n) is 4.75. The Kier molecular flexibility index (Phi) is 2.04. The summed E-state index contributed by atoms with van der Waals surface area (Å²) in [5.41, 5.74) is 7.46. The van der Waals surface area contributed by atoms with Gasteiger partial charge in [0.15, 0.2) is 0 Å². The first-order valence-corrected chi connectivity index (χ1v) is 5.63. The molecule has 2 aromatic heterocycles. The van der Waals surface area contributed by atoms with Crippen LogP contribution in [0.15, 0.2) is 36.0 Å². The molecule has 0 aliphatic carbocycles. The normalized spacial score (nSPS) is 10.8. The molecule has 0 bridgehead atoms. The Morgan fingerprint density at radius 1 is 1.19 bits per heavy atom. The van der Waals surface area contributed by atoms with Crippen molar-refractivity contribution in [3.8, 4) is 10.6 Å². The highest BCUT2D eigenvalue weighted by molar-refractivity contribution is 7.13. The first-order chi connectivity index (χ1) is 7.83. The van der Waals surface area contributed by atoms with E-state index in [9.17, 15) is 0 Å². The van der Waals surface area contributed by atoms with Gasteiger partial charge in [-0.25, -0.2) is 15.0 Å². The SMILES string of the molecule is Nc1ncc2cc(-c3nccs3)ccc2n1. The van der Waals surface area contributed by atoms with Gasteiger partial charge in [-0.15, -0.1) is 11.3 Å². The molecular weight excluding hydrogens is 220 g/mol. The molecule has 2 heterocycles. The highest BCUT2D eigenvalue weighted by Gasteiger charge is 2.03. The predicted molar refractivity (Wildman–Crippen MR) is 65.1 cm³/mol. The number of hydrogen-bond donors (Lipinski definition) is 1. The molecule has 16 heavy (non-hydrogen) atoms. The Morgan fingerprint density at radius 2 is 2.12 bits per heavy atom. The number of nitrogens with zero attached hydrogens (tertiary/aromatic N) is 3. The molecule has 0 unspecified atom stereocenters. The molecule has 4 nitrogen and oxygen atoms in total. The Morgan fingerprint density at radius 3 is 2.94 bits per heavy atom. The number of nitrogen functional groups attached to an aromatic ring is 1. The molecule has 3 aromatic rings. The van der Waals surface area contributed by atoms with Gasteiger partial charge in [-0.3, -0.25) is 0 Å². The third-order valence-electron chi connectivity index (χ3n) is 2.28. The van der Waals surface area contributed by atoms with Gasteiger partial charge >= 0.3 is 0 Å². The van der Waals surface area contributed by atoms with Crippen molar-refractivity contribution in [1.29, 1.82) is 0 Å². The molecule has 0 amide bonds. The number of rotatable bonds is 1. The molecule has 3 rings (SSSR count). The average molecular weight is 228 g/mol. The minimum absolute atomic E-state index is 0.300. The molecule has 0 spiro atoms. The van der Waals surface area contributed by atoms with Crippen LogP contribution in [0.3, 0.4) is 0 Å². The Hall–Kier alpha value is -2.01. The van der Waals surface area contributed by atoms with Crippen LogP contribution in [-0.2, 0) is 0 Å². The van der Waals surface area contributed by atoms with Crippen molar-refractivity contribution in [2.75, 3.05) is 5.73 Å². The number of anilines is 1. The molecule has 0 saturated carbocycles. The van der Waals surface area contributed by atoms with Gasteiger partial charge in [0.2, 0.25) is 5.95 Å². The van der Waals surface area contributed by atoms with E-state index in [1.165, 1.54) is 0 Å².